The van der Waals surface area contributed by atoms with Gasteiger partial charge in [-0.25, -0.2) is 0 Å². The fourth-order valence-corrected chi connectivity index (χ4v) is 3.63. The first-order chi connectivity index (χ1) is 12.2. The SMILES string of the molecule is Cc1cc([C@@H](C)NC(=O)[C@H](C)NC(=O)c2cccc([N+](=O)[O-])c2)c(C)s1. The van der Waals surface area contributed by atoms with Gasteiger partial charge in [-0.15, -0.1) is 11.3 Å². The number of nitro groups is 1. The van der Waals surface area contributed by atoms with Crippen molar-refractivity contribution in [3.05, 3.63) is 61.3 Å². The van der Waals surface area contributed by atoms with Gasteiger partial charge in [-0.1, -0.05) is 6.07 Å². The van der Waals surface area contributed by atoms with Crippen molar-refractivity contribution in [1.29, 1.82) is 0 Å². The largest absolute Gasteiger partial charge is 0.348 e. The van der Waals surface area contributed by atoms with Crippen LogP contribution in [0.25, 0.3) is 0 Å². The van der Waals surface area contributed by atoms with E-state index in [2.05, 4.69) is 10.6 Å². The highest BCUT2D eigenvalue weighted by molar-refractivity contribution is 7.12. The Labute approximate surface area is 155 Å². The lowest BCUT2D eigenvalue weighted by Gasteiger charge is -2.18. The zero-order chi connectivity index (χ0) is 19.4. The maximum absolute atomic E-state index is 12.4. The van der Waals surface area contributed by atoms with E-state index >= 15 is 0 Å². The second-order valence-electron chi connectivity index (χ2n) is 6.10. The van der Waals surface area contributed by atoms with Crippen molar-refractivity contribution in [2.45, 2.75) is 39.8 Å². The third-order valence-corrected chi connectivity index (χ3v) is 4.95. The molecule has 0 aliphatic heterocycles. The van der Waals surface area contributed by atoms with E-state index in [0.717, 1.165) is 10.4 Å². The Hall–Kier alpha value is -2.74. The minimum atomic E-state index is -0.774. The summed E-state index contributed by atoms with van der Waals surface area (Å²) < 4.78 is 0. The quantitative estimate of drug-likeness (QED) is 0.597. The van der Waals surface area contributed by atoms with E-state index in [9.17, 15) is 19.7 Å². The number of hydrogen-bond donors (Lipinski definition) is 2. The average molecular weight is 375 g/mol. The molecule has 0 bridgehead atoms. The molecule has 1 aromatic carbocycles. The van der Waals surface area contributed by atoms with E-state index in [4.69, 9.17) is 0 Å². The van der Waals surface area contributed by atoms with Crippen molar-refractivity contribution >= 4 is 28.8 Å². The topological polar surface area (TPSA) is 101 Å². The Bertz CT molecular complexity index is 847. The Balaban J connectivity index is 2.00. The van der Waals surface area contributed by atoms with Gasteiger partial charge in [-0.05, 0) is 45.4 Å². The number of carbonyl (C=O) groups excluding carboxylic acids is 2. The van der Waals surface area contributed by atoms with E-state index < -0.39 is 16.9 Å². The lowest BCUT2D eigenvalue weighted by atomic mass is 10.1. The van der Waals surface area contributed by atoms with E-state index in [-0.39, 0.29) is 23.2 Å². The molecule has 0 unspecified atom stereocenters. The van der Waals surface area contributed by atoms with Crippen molar-refractivity contribution in [1.82, 2.24) is 10.6 Å². The van der Waals surface area contributed by atoms with Crippen LogP contribution in [0.5, 0.6) is 0 Å². The third kappa shape index (κ3) is 4.66. The average Bonchev–Trinajstić information content (AvgIpc) is 2.93. The smallest absolute Gasteiger partial charge is 0.270 e. The number of amides is 2. The molecule has 0 saturated heterocycles. The Morgan fingerprint density at radius 2 is 1.85 bits per heavy atom. The van der Waals surface area contributed by atoms with Crippen molar-refractivity contribution in [3.8, 4) is 0 Å². The van der Waals surface area contributed by atoms with Gasteiger partial charge in [0.1, 0.15) is 6.04 Å². The molecule has 2 amide bonds. The Morgan fingerprint density at radius 1 is 1.15 bits per heavy atom. The summed E-state index contributed by atoms with van der Waals surface area (Å²) in [5, 5.41) is 16.3. The molecule has 0 spiro atoms. The molecule has 0 fully saturated rings. The molecule has 1 heterocycles. The summed E-state index contributed by atoms with van der Waals surface area (Å²) in [7, 11) is 0. The summed E-state index contributed by atoms with van der Waals surface area (Å²) in [6, 6.07) is 6.47. The number of non-ortho nitro benzene ring substituents is 1. The second-order valence-corrected chi connectivity index (χ2v) is 7.56. The lowest BCUT2D eigenvalue weighted by molar-refractivity contribution is -0.384. The predicted octanol–water partition coefficient (Wildman–Crippen LogP) is 3.27. The molecule has 138 valence electrons. The minimum Gasteiger partial charge on any atom is -0.348 e. The Kier molecular flexibility index (Phi) is 6.10. The zero-order valence-electron chi connectivity index (χ0n) is 15.0. The molecule has 0 aliphatic rings. The number of carbonyl (C=O) groups is 2. The fourth-order valence-electron chi connectivity index (χ4n) is 2.60. The van der Waals surface area contributed by atoms with Crippen LogP contribution in [0, 0.1) is 24.0 Å². The molecule has 0 aliphatic carbocycles. The van der Waals surface area contributed by atoms with E-state index in [1.807, 2.05) is 26.8 Å². The monoisotopic (exact) mass is 375 g/mol. The summed E-state index contributed by atoms with van der Waals surface area (Å²) in [5.74, 6) is -0.855. The van der Waals surface area contributed by atoms with Crippen LogP contribution in [0.4, 0.5) is 5.69 Å². The van der Waals surface area contributed by atoms with Gasteiger partial charge in [0.2, 0.25) is 5.91 Å². The van der Waals surface area contributed by atoms with Crippen LogP contribution in [-0.4, -0.2) is 22.8 Å². The highest BCUT2D eigenvalue weighted by Gasteiger charge is 2.21. The molecule has 2 aromatic rings. The molecule has 0 radical (unpaired) electrons. The molecule has 2 rings (SSSR count). The first kappa shape index (κ1) is 19.6. The van der Waals surface area contributed by atoms with Crippen molar-refractivity contribution in [2.75, 3.05) is 0 Å². The molecule has 2 N–H and O–H groups in total. The summed E-state index contributed by atoms with van der Waals surface area (Å²) in [4.78, 5) is 37.1. The summed E-state index contributed by atoms with van der Waals surface area (Å²) in [5.41, 5.74) is 1.01. The predicted molar refractivity (Wildman–Crippen MR) is 100 cm³/mol. The van der Waals surface area contributed by atoms with E-state index in [1.165, 1.54) is 29.1 Å². The fraction of sp³-hybridized carbons (Fsp3) is 0.333. The number of nitro benzene ring substituents is 1. The second kappa shape index (κ2) is 8.09. The molecule has 1 aromatic heterocycles. The van der Waals surface area contributed by atoms with Gasteiger partial charge in [0.25, 0.3) is 11.6 Å². The first-order valence-corrected chi connectivity index (χ1v) is 8.93. The van der Waals surface area contributed by atoms with Gasteiger partial charge in [-0.2, -0.15) is 0 Å². The van der Waals surface area contributed by atoms with Gasteiger partial charge in [0.05, 0.1) is 11.0 Å². The van der Waals surface area contributed by atoms with Gasteiger partial charge >= 0.3 is 0 Å². The van der Waals surface area contributed by atoms with Crippen LogP contribution in [0.3, 0.4) is 0 Å². The molecule has 7 nitrogen and oxygen atoms in total. The van der Waals surface area contributed by atoms with Gasteiger partial charge < -0.3 is 10.6 Å². The van der Waals surface area contributed by atoms with Gasteiger partial charge in [-0.3, -0.25) is 19.7 Å². The molecule has 8 heteroatoms. The zero-order valence-corrected chi connectivity index (χ0v) is 15.8. The van der Waals surface area contributed by atoms with Crippen molar-refractivity contribution in [2.24, 2.45) is 0 Å². The summed E-state index contributed by atoms with van der Waals surface area (Å²) >= 11 is 1.67. The van der Waals surface area contributed by atoms with Crippen LogP contribution in [0.15, 0.2) is 30.3 Å². The minimum absolute atomic E-state index is 0.135. The van der Waals surface area contributed by atoms with E-state index in [1.54, 1.807) is 18.3 Å². The summed E-state index contributed by atoms with van der Waals surface area (Å²) in [6.45, 7) is 7.48. The summed E-state index contributed by atoms with van der Waals surface area (Å²) in [6.07, 6.45) is 0. The molecule has 2 atom stereocenters. The maximum atomic E-state index is 12.4. The number of rotatable bonds is 6. The highest BCUT2D eigenvalue weighted by Crippen LogP contribution is 2.26. The Morgan fingerprint density at radius 3 is 2.42 bits per heavy atom. The van der Waals surface area contributed by atoms with Crippen LogP contribution in [0.2, 0.25) is 0 Å². The van der Waals surface area contributed by atoms with Crippen molar-refractivity contribution in [3.63, 3.8) is 0 Å². The number of thiophene rings is 1. The number of nitrogens with zero attached hydrogens (tertiary/aromatic N) is 1. The lowest BCUT2D eigenvalue weighted by Crippen LogP contribution is -2.45. The molecule has 26 heavy (non-hydrogen) atoms. The molecular formula is C18H21N3O4S. The van der Waals surface area contributed by atoms with Gasteiger partial charge in [0, 0.05) is 27.5 Å². The van der Waals surface area contributed by atoms with Crippen LogP contribution < -0.4 is 10.6 Å². The highest BCUT2D eigenvalue weighted by atomic mass is 32.1. The third-order valence-electron chi connectivity index (χ3n) is 3.96. The number of nitrogens with one attached hydrogen (secondary N) is 2. The van der Waals surface area contributed by atoms with Crippen LogP contribution in [-0.2, 0) is 4.79 Å². The number of hydrogen-bond acceptors (Lipinski definition) is 5. The van der Waals surface area contributed by atoms with E-state index in [0.29, 0.717) is 0 Å². The van der Waals surface area contributed by atoms with Crippen LogP contribution >= 0.6 is 11.3 Å². The first-order valence-electron chi connectivity index (χ1n) is 8.11. The molecule has 0 saturated carbocycles. The van der Waals surface area contributed by atoms with Crippen LogP contribution in [0.1, 0.15) is 45.6 Å². The normalized spacial score (nSPS) is 12.9. The van der Waals surface area contributed by atoms with Crippen molar-refractivity contribution < 1.29 is 14.5 Å². The number of benzene rings is 1. The maximum Gasteiger partial charge on any atom is 0.270 e. The number of aryl methyl sites for hydroxylation is 2. The van der Waals surface area contributed by atoms with Gasteiger partial charge in [0.15, 0.2) is 0 Å². The molecular weight excluding hydrogens is 354 g/mol. The standard InChI is InChI=1S/C18H21N3O4S/c1-10-8-16(13(4)26-10)11(2)19-17(22)12(3)20-18(23)14-6-5-7-15(9-14)21(24)25/h5-9,11-12H,1-4H3,(H,19,22)(H,20,23)/t11-,12+/m1/s1.